The number of hydrogen-bond donors (Lipinski definition) is 2. The number of primary amides is 1. The Morgan fingerprint density at radius 2 is 2.00 bits per heavy atom. The minimum Gasteiger partial charge on any atom is -0.479 e. The molecule has 0 saturated heterocycles. The summed E-state index contributed by atoms with van der Waals surface area (Å²) in [6.07, 6.45) is 9.85. The Kier molecular flexibility index (Phi) is 3.76. The fourth-order valence-corrected chi connectivity index (χ4v) is 4.81. The SMILES string of the molecule is NC(=O)c1ccc(N=C/C=C(\N)OCCC2C3(CC3)C23CC3)nc1Cl. The fourth-order valence-electron chi connectivity index (χ4n) is 4.57. The maximum Gasteiger partial charge on any atom is 0.251 e. The number of allylic oxidation sites excluding steroid dienone is 1. The van der Waals surface area contributed by atoms with Crippen LogP contribution in [-0.2, 0) is 4.74 Å². The van der Waals surface area contributed by atoms with Gasteiger partial charge in [-0.25, -0.2) is 9.98 Å². The summed E-state index contributed by atoms with van der Waals surface area (Å²) in [6, 6.07) is 3.05. The van der Waals surface area contributed by atoms with Crippen molar-refractivity contribution in [2.45, 2.75) is 32.1 Å². The Morgan fingerprint density at radius 3 is 2.56 bits per heavy atom. The number of nitrogens with zero attached hydrogens (tertiary/aromatic N) is 2. The number of nitrogens with two attached hydrogens (primary N) is 2. The molecule has 1 aromatic rings. The molecule has 0 unspecified atom stereocenters. The van der Waals surface area contributed by atoms with E-state index >= 15 is 0 Å². The van der Waals surface area contributed by atoms with E-state index in [0.29, 0.717) is 29.1 Å². The Hall–Kier alpha value is -2.08. The van der Waals surface area contributed by atoms with E-state index in [0.717, 1.165) is 12.3 Å². The maximum atomic E-state index is 11.1. The molecule has 4 rings (SSSR count). The molecule has 0 bridgehead atoms. The topological polar surface area (TPSA) is 104 Å². The van der Waals surface area contributed by atoms with Crippen LogP contribution in [0.3, 0.4) is 0 Å². The van der Waals surface area contributed by atoms with E-state index in [2.05, 4.69) is 9.98 Å². The molecule has 1 heterocycles. The largest absolute Gasteiger partial charge is 0.479 e. The van der Waals surface area contributed by atoms with Gasteiger partial charge in [-0.05, 0) is 61.0 Å². The zero-order chi connectivity index (χ0) is 17.7. The number of aromatic nitrogens is 1. The lowest BCUT2D eigenvalue weighted by atomic mass is 10.2. The van der Waals surface area contributed by atoms with E-state index < -0.39 is 5.91 Å². The van der Waals surface area contributed by atoms with Gasteiger partial charge < -0.3 is 16.2 Å². The lowest BCUT2D eigenvalue weighted by molar-refractivity contribution is 0.1000. The Morgan fingerprint density at radius 1 is 1.32 bits per heavy atom. The lowest BCUT2D eigenvalue weighted by Gasteiger charge is -2.04. The molecule has 7 heteroatoms. The second-order valence-electron chi connectivity index (χ2n) is 7.22. The van der Waals surface area contributed by atoms with Crippen molar-refractivity contribution in [2.24, 2.45) is 33.2 Å². The first kappa shape index (κ1) is 16.4. The molecule has 132 valence electrons. The van der Waals surface area contributed by atoms with Crippen LogP contribution in [0.15, 0.2) is 29.1 Å². The van der Waals surface area contributed by atoms with E-state index in [1.54, 1.807) is 12.1 Å². The van der Waals surface area contributed by atoms with Crippen molar-refractivity contribution in [3.63, 3.8) is 0 Å². The van der Waals surface area contributed by atoms with Crippen molar-refractivity contribution in [3.8, 4) is 0 Å². The molecule has 3 aliphatic carbocycles. The minimum atomic E-state index is -0.623. The number of aliphatic imine (C=N–C) groups is 1. The Balaban J connectivity index is 1.25. The van der Waals surface area contributed by atoms with Crippen LogP contribution in [0.4, 0.5) is 5.82 Å². The summed E-state index contributed by atoms with van der Waals surface area (Å²) < 4.78 is 5.59. The van der Waals surface area contributed by atoms with Gasteiger partial charge in [-0.2, -0.15) is 0 Å². The van der Waals surface area contributed by atoms with Crippen LogP contribution in [0.2, 0.25) is 5.15 Å². The second-order valence-corrected chi connectivity index (χ2v) is 7.58. The number of ether oxygens (including phenoxy) is 1. The number of pyridine rings is 1. The number of carbonyl (C=O) groups excluding carboxylic acids is 1. The molecule has 0 aliphatic heterocycles. The molecule has 2 spiro atoms. The zero-order valence-corrected chi connectivity index (χ0v) is 14.6. The number of hydrogen-bond acceptors (Lipinski definition) is 5. The molecule has 25 heavy (non-hydrogen) atoms. The summed E-state index contributed by atoms with van der Waals surface area (Å²) in [4.78, 5) is 19.2. The van der Waals surface area contributed by atoms with Crippen LogP contribution < -0.4 is 11.5 Å². The Labute approximate surface area is 151 Å². The molecule has 6 nitrogen and oxygen atoms in total. The van der Waals surface area contributed by atoms with Gasteiger partial charge in [0.25, 0.3) is 5.91 Å². The standard InChI is InChI=1S/C18H21ClN4O2/c19-15-11(16(21)24)1-2-14(23-15)22-9-3-13(20)25-10-4-12-17(5-6-17)18(12)7-8-18/h1-3,9,12H,4-8,10,20H2,(H2,21,24)/b13-3+,22-9?. The highest BCUT2D eigenvalue weighted by Gasteiger charge is 2.85. The predicted molar refractivity (Wildman–Crippen MR) is 95.6 cm³/mol. The summed E-state index contributed by atoms with van der Waals surface area (Å²) in [5, 5.41) is 0.0304. The molecular formula is C18H21ClN4O2. The Bertz CT molecular complexity index is 763. The quantitative estimate of drug-likeness (QED) is 0.443. The second kappa shape index (κ2) is 5.73. The molecule has 3 saturated carbocycles. The van der Waals surface area contributed by atoms with Crippen LogP contribution in [0.5, 0.6) is 0 Å². The average Bonchev–Trinajstić information content (AvgIpc) is 3.46. The van der Waals surface area contributed by atoms with Gasteiger partial charge in [0.15, 0.2) is 11.7 Å². The number of amides is 1. The van der Waals surface area contributed by atoms with Gasteiger partial charge in [0.1, 0.15) is 5.15 Å². The monoisotopic (exact) mass is 360 g/mol. The van der Waals surface area contributed by atoms with Crippen LogP contribution in [0, 0.1) is 16.7 Å². The van der Waals surface area contributed by atoms with Crippen molar-refractivity contribution >= 4 is 29.5 Å². The minimum absolute atomic E-state index is 0.0304. The van der Waals surface area contributed by atoms with Crippen molar-refractivity contribution < 1.29 is 9.53 Å². The first-order valence-corrected chi connectivity index (χ1v) is 8.95. The number of halogens is 1. The van der Waals surface area contributed by atoms with Gasteiger partial charge in [-0.1, -0.05) is 11.6 Å². The summed E-state index contributed by atoms with van der Waals surface area (Å²) in [5.74, 6) is 0.932. The molecule has 0 atom stereocenters. The van der Waals surface area contributed by atoms with Crippen molar-refractivity contribution in [1.29, 1.82) is 0 Å². The van der Waals surface area contributed by atoms with E-state index in [1.165, 1.54) is 38.0 Å². The zero-order valence-electron chi connectivity index (χ0n) is 13.9. The molecule has 0 radical (unpaired) electrons. The van der Waals surface area contributed by atoms with E-state index in [-0.39, 0.29) is 10.7 Å². The molecule has 0 aromatic carbocycles. The van der Waals surface area contributed by atoms with E-state index in [1.807, 2.05) is 0 Å². The van der Waals surface area contributed by atoms with Crippen molar-refractivity contribution in [1.82, 2.24) is 4.98 Å². The highest BCUT2D eigenvalue weighted by molar-refractivity contribution is 6.32. The predicted octanol–water partition coefficient (Wildman–Crippen LogP) is 2.93. The number of fused-ring (bicyclic) bond motifs is 1. The van der Waals surface area contributed by atoms with E-state index in [9.17, 15) is 4.79 Å². The van der Waals surface area contributed by atoms with Crippen LogP contribution in [0.1, 0.15) is 42.5 Å². The highest BCUT2D eigenvalue weighted by atomic mass is 35.5. The van der Waals surface area contributed by atoms with Crippen LogP contribution >= 0.6 is 11.6 Å². The van der Waals surface area contributed by atoms with Crippen molar-refractivity contribution in [3.05, 3.63) is 34.8 Å². The number of rotatable bonds is 7. The maximum absolute atomic E-state index is 11.1. The summed E-state index contributed by atoms with van der Waals surface area (Å²) in [7, 11) is 0. The van der Waals surface area contributed by atoms with Crippen LogP contribution in [-0.4, -0.2) is 23.7 Å². The third-order valence-electron chi connectivity index (χ3n) is 6.04. The summed E-state index contributed by atoms with van der Waals surface area (Å²) >= 11 is 5.88. The lowest BCUT2D eigenvalue weighted by Crippen LogP contribution is -2.11. The third kappa shape index (κ3) is 2.78. The smallest absolute Gasteiger partial charge is 0.251 e. The van der Waals surface area contributed by atoms with Gasteiger partial charge in [0.05, 0.1) is 12.2 Å². The molecule has 1 amide bonds. The van der Waals surface area contributed by atoms with Crippen LogP contribution in [0.25, 0.3) is 0 Å². The van der Waals surface area contributed by atoms with Gasteiger partial charge >= 0.3 is 0 Å². The first-order valence-electron chi connectivity index (χ1n) is 8.57. The third-order valence-corrected chi connectivity index (χ3v) is 6.33. The van der Waals surface area contributed by atoms with Crippen molar-refractivity contribution in [2.75, 3.05) is 6.61 Å². The van der Waals surface area contributed by atoms with Gasteiger partial charge in [0.2, 0.25) is 0 Å². The number of carbonyl (C=O) groups is 1. The van der Waals surface area contributed by atoms with Gasteiger partial charge in [-0.15, -0.1) is 0 Å². The molecular weight excluding hydrogens is 340 g/mol. The van der Waals surface area contributed by atoms with Gasteiger partial charge in [0, 0.05) is 12.3 Å². The normalized spacial score (nSPS) is 22.5. The van der Waals surface area contributed by atoms with Gasteiger partial charge in [-0.3, -0.25) is 4.79 Å². The molecule has 1 aromatic heterocycles. The molecule has 3 fully saturated rings. The molecule has 4 N–H and O–H groups in total. The highest BCUT2D eigenvalue weighted by Crippen LogP contribution is 2.93. The average molecular weight is 361 g/mol. The summed E-state index contributed by atoms with van der Waals surface area (Å²) in [6.45, 7) is 0.654. The summed E-state index contributed by atoms with van der Waals surface area (Å²) in [5.41, 5.74) is 12.6. The molecule has 3 aliphatic rings. The van der Waals surface area contributed by atoms with E-state index in [4.69, 9.17) is 27.8 Å². The fraction of sp³-hybridized carbons (Fsp3) is 0.500. The first-order chi connectivity index (χ1) is 12.0.